The average molecular weight is 444 g/mol. The van der Waals surface area contributed by atoms with Gasteiger partial charge >= 0.3 is 11.9 Å². The molecule has 0 atom stereocenters. The van der Waals surface area contributed by atoms with Crippen molar-refractivity contribution in [2.45, 2.75) is 22.7 Å². The molecule has 4 bridgehead atoms. The number of carboxylic acid groups (broad SMARTS) is 2. The van der Waals surface area contributed by atoms with Crippen molar-refractivity contribution in [1.82, 2.24) is 0 Å². The van der Waals surface area contributed by atoms with E-state index in [1.165, 1.54) is 0 Å². The summed E-state index contributed by atoms with van der Waals surface area (Å²) in [6.07, 6.45) is 0. The quantitative estimate of drug-likeness (QED) is 0.455. The van der Waals surface area contributed by atoms with Crippen LogP contribution in [0.4, 0.5) is 0 Å². The minimum Gasteiger partial charge on any atom is -0.480 e. The zero-order valence-electron chi connectivity index (χ0n) is 18.1. The zero-order valence-corrected chi connectivity index (χ0v) is 18.1. The summed E-state index contributed by atoms with van der Waals surface area (Å²) in [4.78, 5) is 27.5. The molecule has 0 saturated heterocycles. The number of carbonyl (C=O) groups is 2. The van der Waals surface area contributed by atoms with Crippen molar-refractivity contribution in [2.24, 2.45) is 0 Å². The number of hydrogen-bond acceptors (Lipinski definition) is 2. The summed E-state index contributed by atoms with van der Waals surface area (Å²) in [5.41, 5.74) is 2.16. The van der Waals surface area contributed by atoms with Gasteiger partial charge in [0.1, 0.15) is 10.8 Å². The molecule has 4 aromatic carbocycles. The van der Waals surface area contributed by atoms with Crippen LogP contribution in [0.3, 0.4) is 0 Å². The van der Waals surface area contributed by atoms with Crippen LogP contribution in [0.1, 0.15) is 56.3 Å². The van der Waals surface area contributed by atoms with Gasteiger partial charge in [0.2, 0.25) is 0 Å². The molecule has 6 aliphatic carbocycles. The van der Waals surface area contributed by atoms with E-state index < -0.39 is 22.8 Å². The van der Waals surface area contributed by atoms with Crippen molar-refractivity contribution in [2.75, 3.05) is 0 Å². The Labute approximate surface area is 196 Å². The highest BCUT2D eigenvalue weighted by Gasteiger charge is 2.72. The van der Waals surface area contributed by atoms with Crippen molar-refractivity contribution in [3.8, 4) is 0 Å². The fourth-order valence-corrected chi connectivity index (χ4v) is 7.37. The van der Waals surface area contributed by atoms with Crippen molar-refractivity contribution in [1.29, 1.82) is 0 Å². The van der Waals surface area contributed by atoms with E-state index in [9.17, 15) is 19.8 Å². The fourth-order valence-electron chi connectivity index (χ4n) is 7.37. The van der Waals surface area contributed by atoms with Gasteiger partial charge in [-0.2, -0.15) is 0 Å². The van der Waals surface area contributed by atoms with Crippen molar-refractivity contribution >= 4 is 11.9 Å². The molecule has 4 nitrogen and oxygen atoms in total. The maximum absolute atomic E-state index is 13.8. The van der Waals surface area contributed by atoms with Crippen LogP contribution in [0.5, 0.6) is 0 Å². The highest BCUT2D eigenvalue weighted by atomic mass is 16.4. The topological polar surface area (TPSA) is 74.6 Å². The van der Waals surface area contributed by atoms with Crippen LogP contribution in [0.15, 0.2) is 97.1 Å². The summed E-state index contributed by atoms with van der Waals surface area (Å²) >= 11 is 0. The maximum atomic E-state index is 13.8. The highest BCUT2D eigenvalue weighted by molar-refractivity contribution is 6.05. The van der Waals surface area contributed by atoms with Gasteiger partial charge in [0.15, 0.2) is 0 Å². The molecule has 0 radical (unpaired) electrons. The van der Waals surface area contributed by atoms with Gasteiger partial charge in [-0.1, -0.05) is 97.1 Å². The van der Waals surface area contributed by atoms with Crippen molar-refractivity contribution < 1.29 is 19.8 Å². The van der Waals surface area contributed by atoms with Crippen LogP contribution in [-0.4, -0.2) is 22.2 Å². The highest BCUT2D eigenvalue weighted by Crippen LogP contribution is 2.68. The monoisotopic (exact) mass is 444 g/mol. The molecule has 6 aliphatic rings. The predicted octanol–water partition coefficient (Wildman–Crippen LogP) is 5.03. The molecule has 0 spiro atoms. The summed E-state index contributed by atoms with van der Waals surface area (Å²) in [7, 11) is 0. The third kappa shape index (κ3) is 1.82. The van der Waals surface area contributed by atoms with Gasteiger partial charge in [-0.25, -0.2) is 0 Å². The number of carboxylic acids is 2. The molecule has 4 heteroatoms. The molecular weight excluding hydrogens is 424 g/mol. The molecule has 0 heterocycles. The number of benzene rings is 4. The number of rotatable bonds is 2. The second-order valence-corrected chi connectivity index (χ2v) is 9.41. The smallest absolute Gasteiger partial charge is 0.320 e. The van der Waals surface area contributed by atoms with Gasteiger partial charge in [0.05, 0.1) is 0 Å². The normalized spacial score (nSPS) is 26.9. The van der Waals surface area contributed by atoms with Crippen molar-refractivity contribution in [3.05, 3.63) is 142 Å². The molecule has 0 aromatic heterocycles. The Hall–Kier alpha value is -4.18. The lowest BCUT2D eigenvalue weighted by atomic mass is 9.41. The van der Waals surface area contributed by atoms with E-state index in [1.807, 2.05) is 97.1 Å². The molecule has 0 saturated carbocycles. The molecule has 34 heavy (non-hydrogen) atoms. The zero-order chi connectivity index (χ0) is 23.2. The van der Waals surface area contributed by atoms with E-state index in [2.05, 4.69) is 0 Å². The van der Waals surface area contributed by atoms with Crippen LogP contribution >= 0.6 is 0 Å². The average Bonchev–Trinajstić information content (AvgIpc) is 2.84. The van der Waals surface area contributed by atoms with Crippen LogP contribution in [-0.2, 0) is 20.4 Å². The summed E-state index contributed by atoms with van der Waals surface area (Å²) < 4.78 is 0. The van der Waals surface area contributed by atoms with Gasteiger partial charge in [-0.05, 0) is 44.5 Å². The minimum absolute atomic E-state index is 0.130. The molecule has 2 N–H and O–H groups in total. The van der Waals surface area contributed by atoms with E-state index in [1.54, 1.807) is 0 Å². The first-order valence-electron chi connectivity index (χ1n) is 11.4. The number of aliphatic carboxylic acids is 2. The van der Waals surface area contributed by atoms with E-state index in [0.717, 1.165) is 22.3 Å². The first kappa shape index (κ1) is 19.3. The third-order valence-corrected chi connectivity index (χ3v) is 8.34. The lowest BCUT2D eigenvalue weighted by Crippen LogP contribution is -2.65. The Balaban J connectivity index is 1.86. The molecule has 0 amide bonds. The Bertz CT molecular complexity index is 1340. The second kappa shape index (κ2) is 6.23. The molecule has 164 valence electrons. The standard InChI is InChI=1S/C30H20O4/c31-27(32)29-21-13-5-1-9-17(21)25(18-10-2-6-14-22(18)29)26-19-11-3-7-15-23(19)30(29,28(33)34)24-16-8-4-12-20(24)26/h1-16,25-26H,(H,31,32)(H,33,34). The summed E-state index contributed by atoms with van der Waals surface area (Å²) in [5, 5.41) is 22.5. The van der Waals surface area contributed by atoms with E-state index >= 15 is 0 Å². The largest absolute Gasteiger partial charge is 0.480 e. The molecular formula is C30H20O4. The lowest BCUT2D eigenvalue weighted by molar-refractivity contribution is -0.155. The summed E-state index contributed by atoms with van der Waals surface area (Å²) in [6, 6.07) is 30.2. The van der Waals surface area contributed by atoms with Gasteiger partial charge in [0.25, 0.3) is 0 Å². The van der Waals surface area contributed by atoms with Gasteiger partial charge in [-0.15, -0.1) is 0 Å². The third-order valence-electron chi connectivity index (χ3n) is 8.34. The van der Waals surface area contributed by atoms with E-state index in [4.69, 9.17) is 0 Å². The van der Waals surface area contributed by atoms with Crippen LogP contribution in [0.2, 0.25) is 0 Å². The van der Waals surface area contributed by atoms with E-state index in [-0.39, 0.29) is 11.8 Å². The van der Waals surface area contributed by atoms with Gasteiger partial charge in [0, 0.05) is 11.8 Å². The maximum Gasteiger partial charge on any atom is 0.320 e. The van der Waals surface area contributed by atoms with Crippen LogP contribution < -0.4 is 0 Å². The lowest BCUT2D eigenvalue weighted by Gasteiger charge is -2.58. The fraction of sp³-hybridized carbons (Fsp3) is 0.133. The number of hydrogen-bond donors (Lipinski definition) is 2. The molecule has 0 aliphatic heterocycles. The Kier molecular flexibility index (Phi) is 3.54. The summed E-state index contributed by atoms with van der Waals surface area (Å²) in [6.45, 7) is 0. The summed E-state index contributed by atoms with van der Waals surface area (Å²) in [5.74, 6) is -2.57. The van der Waals surface area contributed by atoms with Gasteiger partial charge < -0.3 is 10.2 Å². The molecule has 0 unspecified atom stereocenters. The predicted molar refractivity (Wildman–Crippen MR) is 126 cm³/mol. The van der Waals surface area contributed by atoms with E-state index in [0.29, 0.717) is 22.3 Å². The first-order chi connectivity index (χ1) is 16.6. The Morgan fingerprint density at radius 2 is 0.706 bits per heavy atom. The molecule has 0 fully saturated rings. The minimum atomic E-state index is -1.85. The SMILES string of the molecule is O=C(O)C12c3ccccc3C(c3ccccc31)C1c3ccccc3C2(C(=O)O)c2ccccc21. The van der Waals surface area contributed by atoms with Crippen LogP contribution in [0, 0.1) is 0 Å². The van der Waals surface area contributed by atoms with Gasteiger partial charge in [-0.3, -0.25) is 9.59 Å². The van der Waals surface area contributed by atoms with Crippen LogP contribution in [0.25, 0.3) is 0 Å². The second-order valence-electron chi connectivity index (χ2n) is 9.41. The molecule has 10 rings (SSSR count). The molecule has 4 aromatic rings. The Morgan fingerprint density at radius 3 is 0.941 bits per heavy atom. The first-order valence-corrected chi connectivity index (χ1v) is 11.4. The van der Waals surface area contributed by atoms with Crippen molar-refractivity contribution in [3.63, 3.8) is 0 Å². The Morgan fingerprint density at radius 1 is 0.471 bits per heavy atom.